The quantitative estimate of drug-likeness (QED) is 0.688. The Balaban J connectivity index is 1.61. The number of benzene rings is 1. The van der Waals surface area contributed by atoms with Gasteiger partial charge in [0.25, 0.3) is 0 Å². The summed E-state index contributed by atoms with van der Waals surface area (Å²) in [5.41, 5.74) is -0.155. The van der Waals surface area contributed by atoms with Crippen molar-refractivity contribution in [2.24, 2.45) is 0 Å². The molecule has 2 aliphatic heterocycles. The maximum atomic E-state index is 5.84. The maximum absolute atomic E-state index is 5.84. The molecule has 2 heterocycles. The van der Waals surface area contributed by atoms with Crippen LogP contribution in [0.2, 0.25) is 0 Å². The Hall–Kier alpha value is -1.46. The molecule has 5 heteroatoms. The molecule has 5 nitrogen and oxygen atoms in total. The van der Waals surface area contributed by atoms with Gasteiger partial charge in [0, 0.05) is 18.2 Å². The van der Waals surface area contributed by atoms with Crippen molar-refractivity contribution in [1.82, 2.24) is 0 Å². The molecule has 1 aromatic carbocycles. The Morgan fingerprint density at radius 3 is 1.43 bits per heavy atom. The molecule has 0 aromatic heterocycles. The normalized spacial score (nSPS) is 26.5. The van der Waals surface area contributed by atoms with E-state index in [0.717, 1.165) is 17.2 Å². The first-order valence-electron chi connectivity index (χ1n) is 8.19. The molecule has 2 saturated heterocycles. The van der Waals surface area contributed by atoms with Gasteiger partial charge in [-0.05, 0) is 34.6 Å². The fourth-order valence-electron chi connectivity index (χ4n) is 2.44. The maximum Gasteiger partial charge on any atom is 0.126 e. The van der Waals surface area contributed by atoms with E-state index in [9.17, 15) is 0 Å². The fraction of sp³-hybridized carbons (Fsp3) is 0.667. The standard InChI is InChI=1S/C18H26O5/c1-6-19-12-7-13(20-10-15-17(2,3)22-15)9-14(8-12)21-11-16-18(4,5)23-16/h7-9,15-16H,6,10-11H2,1-5H3. The van der Waals surface area contributed by atoms with E-state index in [4.69, 9.17) is 23.7 Å². The Kier molecular flexibility index (Phi) is 4.19. The molecular weight excluding hydrogens is 296 g/mol. The van der Waals surface area contributed by atoms with Gasteiger partial charge in [-0.1, -0.05) is 0 Å². The van der Waals surface area contributed by atoms with Gasteiger partial charge in [-0.3, -0.25) is 0 Å². The first-order chi connectivity index (χ1) is 10.8. The highest BCUT2D eigenvalue weighted by Crippen LogP contribution is 2.38. The van der Waals surface area contributed by atoms with Gasteiger partial charge in [-0.15, -0.1) is 0 Å². The largest absolute Gasteiger partial charge is 0.494 e. The number of hydrogen-bond donors (Lipinski definition) is 0. The third kappa shape index (κ3) is 4.09. The summed E-state index contributed by atoms with van der Waals surface area (Å²) in [6.45, 7) is 11.8. The summed E-state index contributed by atoms with van der Waals surface area (Å²) in [7, 11) is 0. The predicted molar refractivity (Wildman–Crippen MR) is 86.5 cm³/mol. The van der Waals surface area contributed by atoms with Gasteiger partial charge in [0.15, 0.2) is 0 Å². The van der Waals surface area contributed by atoms with Crippen molar-refractivity contribution in [2.75, 3.05) is 19.8 Å². The molecule has 23 heavy (non-hydrogen) atoms. The smallest absolute Gasteiger partial charge is 0.126 e. The first-order valence-corrected chi connectivity index (χ1v) is 8.19. The van der Waals surface area contributed by atoms with Crippen molar-refractivity contribution in [3.05, 3.63) is 18.2 Å². The lowest BCUT2D eigenvalue weighted by Crippen LogP contribution is -2.13. The van der Waals surface area contributed by atoms with Gasteiger partial charge in [0.1, 0.15) is 42.7 Å². The fourth-order valence-corrected chi connectivity index (χ4v) is 2.44. The van der Waals surface area contributed by atoms with Gasteiger partial charge >= 0.3 is 0 Å². The van der Waals surface area contributed by atoms with E-state index in [1.807, 2.05) is 25.1 Å². The topological polar surface area (TPSA) is 52.8 Å². The van der Waals surface area contributed by atoms with Gasteiger partial charge in [-0.2, -0.15) is 0 Å². The summed E-state index contributed by atoms with van der Waals surface area (Å²) in [4.78, 5) is 0. The van der Waals surface area contributed by atoms with Gasteiger partial charge in [0.05, 0.1) is 17.8 Å². The Morgan fingerprint density at radius 2 is 1.13 bits per heavy atom. The van der Waals surface area contributed by atoms with E-state index in [2.05, 4.69) is 27.7 Å². The second kappa shape index (κ2) is 5.87. The molecule has 2 atom stereocenters. The lowest BCUT2D eigenvalue weighted by atomic mass is 10.1. The number of hydrogen-bond acceptors (Lipinski definition) is 5. The van der Waals surface area contributed by atoms with Crippen LogP contribution in [0.25, 0.3) is 0 Å². The third-order valence-corrected chi connectivity index (χ3v) is 4.30. The Bertz CT molecular complexity index is 522. The summed E-state index contributed by atoms with van der Waals surface area (Å²) in [6, 6.07) is 5.64. The van der Waals surface area contributed by atoms with Gasteiger partial charge in [-0.25, -0.2) is 0 Å². The van der Waals surface area contributed by atoms with Gasteiger partial charge < -0.3 is 23.7 Å². The molecule has 0 spiro atoms. The zero-order valence-corrected chi connectivity index (χ0v) is 14.5. The lowest BCUT2D eigenvalue weighted by Gasteiger charge is -2.12. The van der Waals surface area contributed by atoms with E-state index in [0.29, 0.717) is 19.8 Å². The van der Waals surface area contributed by atoms with Crippen molar-refractivity contribution in [2.45, 2.75) is 58.0 Å². The first kappa shape index (κ1) is 16.4. The predicted octanol–water partition coefficient (Wildman–Crippen LogP) is 3.20. The lowest BCUT2D eigenvalue weighted by molar-refractivity contribution is 0.243. The van der Waals surface area contributed by atoms with Crippen molar-refractivity contribution >= 4 is 0 Å². The van der Waals surface area contributed by atoms with E-state index >= 15 is 0 Å². The molecule has 2 aliphatic rings. The molecule has 0 N–H and O–H groups in total. The molecule has 0 radical (unpaired) electrons. The zero-order chi connectivity index (χ0) is 16.7. The zero-order valence-electron chi connectivity index (χ0n) is 14.5. The van der Waals surface area contributed by atoms with Crippen LogP contribution in [0.4, 0.5) is 0 Å². The van der Waals surface area contributed by atoms with E-state index in [1.54, 1.807) is 0 Å². The Morgan fingerprint density at radius 1 is 0.783 bits per heavy atom. The van der Waals surface area contributed by atoms with Crippen LogP contribution in [0, 0.1) is 0 Å². The van der Waals surface area contributed by atoms with Crippen molar-refractivity contribution < 1.29 is 23.7 Å². The highest BCUT2D eigenvalue weighted by Gasteiger charge is 2.49. The van der Waals surface area contributed by atoms with Crippen LogP contribution in [-0.4, -0.2) is 43.2 Å². The minimum atomic E-state index is -0.0776. The number of ether oxygens (including phenoxy) is 5. The van der Waals surface area contributed by atoms with E-state index in [-0.39, 0.29) is 23.4 Å². The third-order valence-electron chi connectivity index (χ3n) is 4.30. The molecule has 2 unspecified atom stereocenters. The van der Waals surface area contributed by atoms with Crippen molar-refractivity contribution in [3.8, 4) is 17.2 Å². The van der Waals surface area contributed by atoms with Crippen LogP contribution < -0.4 is 14.2 Å². The molecule has 0 aliphatic carbocycles. The summed E-state index contributed by atoms with van der Waals surface area (Å²) in [6.07, 6.45) is 0.284. The minimum absolute atomic E-state index is 0.0776. The average molecular weight is 322 g/mol. The molecule has 2 fully saturated rings. The average Bonchev–Trinajstić information content (AvgIpc) is 3.29. The SMILES string of the molecule is CCOc1cc(OCC2OC2(C)C)cc(OCC2OC2(C)C)c1. The molecule has 0 saturated carbocycles. The van der Waals surface area contributed by atoms with Crippen LogP contribution in [0.1, 0.15) is 34.6 Å². The van der Waals surface area contributed by atoms with Crippen LogP contribution >= 0.6 is 0 Å². The summed E-state index contributed by atoms with van der Waals surface area (Å²) in [5, 5.41) is 0. The highest BCUT2D eigenvalue weighted by atomic mass is 16.6. The second-order valence-electron chi connectivity index (χ2n) is 7.12. The van der Waals surface area contributed by atoms with Crippen LogP contribution in [0.15, 0.2) is 18.2 Å². The highest BCUT2D eigenvalue weighted by molar-refractivity contribution is 5.42. The van der Waals surface area contributed by atoms with E-state index in [1.165, 1.54) is 0 Å². The summed E-state index contributed by atoms with van der Waals surface area (Å²) in [5.74, 6) is 2.20. The Labute approximate surface area is 137 Å². The molecule has 3 rings (SSSR count). The molecule has 0 amide bonds. The molecule has 128 valence electrons. The summed E-state index contributed by atoms with van der Waals surface area (Å²) < 4.78 is 28.4. The van der Waals surface area contributed by atoms with Crippen LogP contribution in [-0.2, 0) is 9.47 Å². The van der Waals surface area contributed by atoms with Gasteiger partial charge in [0.2, 0.25) is 0 Å². The van der Waals surface area contributed by atoms with E-state index < -0.39 is 0 Å². The second-order valence-corrected chi connectivity index (χ2v) is 7.12. The van der Waals surface area contributed by atoms with Crippen LogP contribution in [0.5, 0.6) is 17.2 Å². The monoisotopic (exact) mass is 322 g/mol. The summed E-state index contributed by atoms with van der Waals surface area (Å²) >= 11 is 0. The minimum Gasteiger partial charge on any atom is -0.494 e. The van der Waals surface area contributed by atoms with Crippen molar-refractivity contribution in [1.29, 1.82) is 0 Å². The van der Waals surface area contributed by atoms with Crippen molar-refractivity contribution in [3.63, 3.8) is 0 Å². The van der Waals surface area contributed by atoms with Crippen LogP contribution in [0.3, 0.4) is 0 Å². The number of rotatable bonds is 8. The number of epoxide rings is 2. The molecule has 1 aromatic rings. The molecular formula is C18H26O5. The molecule has 0 bridgehead atoms.